The lowest BCUT2D eigenvalue weighted by Crippen LogP contribution is -2.45. The minimum Gasteiger partial charge on any atom is -0.441 e. The highest BCUT2D eigenvalue weighted by Gasteiger charge is 2.52. The van der Waals surface area contributed by atoms with Gasteiger partial charge in [-0.3, -0.25) is 0 Å². The van der Waals surface area contributed by atoms with Crippen LogP contribution < -0.4 is 4.90 Å². The number of benzene rings is 1. The minimum atomic E-state index is -0.551. The fourth-order valence-electron chi connectivity index (χ4n) is 5.44. The van der Waals surface area contributed by atoms with Crippen LogP contribution in [0, 0.1) is 16.7 Å². The number of aromatic nitrogens is 4. The van der Waals surface area contributed by atoms with Gasteiger partial charge in [0.25, 0.3) is 0 Å². The molecule has 1 saturated heterocycles. The molecule has 0 radical (unpaired) electrons. The van der Waals surface area contributed by atoms with E-state index in [2.05, 4.69) is 53.3 Å². The molecule has 2 fully saturated rings. The Kier molecular flexibility index (Phi) is 5.12. The summed E-state index contributed by atoms with van der Waals surface area (Å²) in [6.45, 7) is 9.78. The molecule has 2 atom stereocenters. The molecule has 1 unspecified atom stereocenters. The number of nitriles is 1. The van der Waals surface area contributed by atoms with Crippen LogP contribution >= 0.6 is 0 Å². The van der Waals surface area contributed by atoms with E-state index >= 15 is 0 Å². The average Bonchev–Trinajstić information content (AvgIpc) is 3.32. The number of ether oxygens (including phenoxy) is 1. The van der Waals surface area contributed by atoms with Crippen molar-refractivity contribution in [2.45, 2.75) is 70.9 Å². The van der Waals surface area contributed by atoms with Crippen molar-refractivity contribution >= 4 is 23.1 Å². The van der Waals surface area contributed by atoms with Crippen molar-refractivity contribution in [1.29, 1.82) is 5.26 Å². The van der Waals surface area contributed by atoms with Gasteiger partial charge in [-0.15, -0.1) is 0 Å². The zero-order chi connectivity index (χ0) is 24.1. The van der Waals surface area contributed by atoms with Gasteiger partial charge in [-0.1, -0.05) is 27.7 Å². The molecular formula is C26H30N6O2. The van der Waals surface area contributed by atoms with Crippen LogP contribution in [0.4, 0.5) is 10.7 Å². The Morgan fingerprint density at radius 3 is 2.65 bits per heavy atom. The number of anilines is 1. The van der Waals surface area contributed by atoms with Crippen LogP contribution in [-0.4, -0.2) is 37.8 Å². The van der Waals surface area contributed by atoms with Crippen molar-refractivity contribution in [2.75, 3.05) is 11.4 Å². The van der Waals surface area contributed by atoms with E-state index in [9.17, 15) is 10.1 Å². The van der Waals surface area contributed by atoms with E-state index in [1.165, 1.54) is 0 Å². The molecule has 3 heterocycles. The molecule has 2 aliphatic rings. The second-order valence-electron chi connectivity index (χ2n) is 11.2. The monoisotopic (exact) mass is 458 g/mol. The maximum atomic E-state index is 12.9. The SMILES string of the molecule is CC1(Cn2cnc3ccc(C#N)cc32)CCC[C@@]2(CN(c3ncc(C(C)(C)C)cn3)C(=O)O2)C1. The van der Waals surface area contributed by atoms with E-state index in [1.54, 1.807) is 23.4 Å². The zero-order valence-corrected chi connectivity index (χ0v) is 20.2. The van der Waals surface area contributed by atoms with Gasteiger partial charge in [0.2, 0.25) is 5.95 Å². The molecule has 8 heteroatoms. The number of fused-ring (bicyclic) bond motifs is 1. The van der Waals surface area contributed by atoms with Gasteiger partial charge < -0.3 is 9.30 Å². The minimum absolute atomic E-state index is 0.0536. The third kappa shape index (κ3) is 4.00. The first-order valence-corrected chi connectivity index (χ1v) is 11.8. The maximum absolute atomic E-state index is 12.9. The third-order valence-electron chi connectivity index (χ3n) is 7.18. The van der Waals surface area contributed by atoms with Crippen molar-refractivity contribution < 1.29 is 9.53 Å². The molecule has 1 aliphatic heterocycles. The summed E-state index contributed by atoms with van der Waals surface area (Å²) < 4.78 is 8.16. The Labute approximate surface area is 199 Å². The van der Waals surface area contributed by atoms with Crippen LogP contribution in [0.25, 0.3) is 11.0 Å². The van der Waals surface area contributed by atoms with Gasteiger partial charge in [-0.2, -0.15) is 5.26 Å². The van der Waals surface area contributed by atoms with E-state index in [4.69, 9.17) is 4.74 Å². The summed E-state index contributed by atoms with van der Waals surface area (Å²) >= 11 is 0. The van der Waals surface area contributed by atoms with Crippen molar-refractivity contribution in [3.63, 3.8) is 0 Å². The normalized spacial score (nSPS) is 25.0. The van der Waals surface area contributed by atoms with Crippen LogP contribution in [0.2, 0.25) is 0 Å². The maximum Gasteiger partial charge on any atom is 0.417 e. The van der Waals surface area contributed by atoms with Crippen molar-refractivity contribution in [3.8, 4) is 6.07 Å². The van der Waals surface area contributed by atoms with Gasteiger partial charge in [-0.05, 0) is 60.3 Å². The molecule has 1 amide bonds. The fourth-order valence-corrected chi connectivity index (χ4v) is 5.44. The fraction of sp³-hybridized carbons (Fsp3) is 0.500. The lowest BCUT2D eigenvalue weighted by molar-refractivity contribution is -0.0264. The third-order valence-corrected chi connectivity index (χ3v) is 7.18. The van der Waals surface area contributed by atoms with E-state index in [1.807, 2.05) is 18.5 Å². The number of nitrogens with zero attached hydrogens (tertiary/aromatic N) is 6. The van der Waals surface area contributed by atoms with Gasteiger partial charge in [-0.25, -0.2) is 24.6 Å². The van der Waals surface area contributed by atoms with Crippen molar-refractivity contribution in [3.05, 3.63) is 48.0 Å². The van der Waals surface area contributed by atoms with E-state index in [-0.39, 0.29) is 16.9 Å². The van der Waals surface area contributed by atoms with Crippen LogP contribution in [0.15, 0.2) is 36.9 Å². The Hall–Kier alpha value is -3.47. The molecule has 5 rings (SSSR count). The summed E-state index contributed by atoms with van der Waals surface area (Å²) in [6.07, 6.45) is 8.64. The predicted molar refractivity (Wildman–Crippen MR) is 128 cm³/mol. The Balaban J connectivity index is 1.36. The van der Waals surface area contributed by atoms with Gasteiger partial charge >= 0.3 is 6.09 Å². The first-order chi connectivity index (χ1) is 16.1. The zero-order valence-electron chi connectivity index (χ0n) is 20.2. The first kappa shape index (κ1) is 22.3. The summed E-state index contributed by atoms with van der Waals surface area (Å²) in [5, 5.41) is 9.29. The highest BCUT2D eigenvalue weighted by molar-refractivity contribution is 5.88. The molecule has 8 nitrogen and oxygen atoms in total. The highest BCUT2D eigenvalue weighted by atomic mass is 16.6. The molecule has 1 saturated carbocycles. The molecular weight excluding hydrogens is 428 g/mol. The van der Waals surface area contributed by atoms with Gasteiger partial charge in [0, 0.05) is 18.9 Å². The Morgan fingerprint density at radius 1 is 1.18 bits per heavy atom. The summed E-state index contributed by atoms with van der Waals surface area (Å²) in [5.74, 6) is 0.395. The quantitative estimate of drug-likeness (QED) is 0.550. The number of rotatable bonds is 3. The number of carbonyl (C=O) groups excluding carboxylic acids is 1. The number of hydrogen-bond acceptors (Lipinski definition) is 6. The van der Waals surface area contributed by atoms with Gasteiger partial charge in [0.1, 0.15) is 5.60 Å². The van der Waals surface area contributed by atoms with Crippen molar-refractivity contribution in [2.24, 2.45) is 5.41 Å². The highest BCUT2D eigenvalue weighted by Crippen LogP contribution is 2.47. The summed E-state index contributed by atoms with van der Waals surface area (Å²) in [6, 6.07) is 7.78. The van der Waals surface area contributed by atoms with E-state index in [0.29, 0.717) is 18.1 Å². The number of amides is 1. The smallest absolute Gasteiger partial charge is 0.417 e. The molecule has 2 aromatic heterocycles. The molecule has 1 spiro atoms. The standard InChI is InChI=1S/C26H30N6O2/c1-24(2,3)19-12-28-22(29-13-19)32-16-26(34-23(32)33)9-5-8-25(4,14-26)15-31-17-30-20-7-6-18(11-27)10-21(20)31/h6-7,10,12-13,17H,5,8-9,14-16H2,1-4H3/t25?,26-/m0/s1. The molecule has 3 aromatic rings. The summed E-state index contributed by atoms with van der Waals surface area (Å²) in [5.41, 5.74) is 2.79. The van der Waals surface area contributed by atoms with Gasteiger partial charge in [0.15, 0.2) is 0 Å². The molecule has 176 valence electrons. The van der Waals surface area contributed by atoms with E-state index in [0.717, 1.165) is 48.8 Å². The number of hydrogen-bond donors (Lipinski definition) is 0. The summed E-state index contributed by atoms with van der Waals surface area (Å²) in [4.78, 5) is 27.9. The van der Waals surface area contributed by atoms with Crippen LogP contribution in [0.3, 0.4) is 0 Å². The molecule has 1 aromatic carbocycles. The Bertz CT molecular complexity index is 1290. The van der Waals surface area contributed by atoms with E-state index < -0.39 is 5.60 Å². The van der Waals surface area contributed by atoms with Crippen LogP contribution in [0.1, 0.15) is 64.5 Å². The molecule has 34 heavy (non-hydrogen) atoms. The number of imidazole rings is 1. The number of carbonyl (C=O) groups is 1. The topological polar surface area (TPSA) is 96.9 Å². The molecule has 0 N–H and O–H groups in total. The van der Waals surface area contributed by atoms with Gasteiger partial charge in [0.05, 0.1) is 35.5 Å². The first-order valence-electron chi connectivity index (χ1n) is 11.8. The second-order valence-corrected chi connectivity index (χ2v) is 11.2. The molecule has 0 bridgehead atoms. The second kappa shape index (κ2) is 7.79. The molecule has 1 aliphatic carbocycles. The Morgan fingerprint density at radius 2 is 1.94 bits per heavy atom. The van der Waals surface area contributed by atoms with Crippen LogP contribution in [-0.2, 0) is 16.7 Å². The lowest BCUT2D eigenvalue weighted by atomic mass is 9.68. The average molecular weight is 459 g/mol. The summed E-state index contributed by atoms with van der Waals surface area (Å²) in [7, 11) is 0. The predicted octanol–water partition coefficient (Wildman–Crippen LogP) is 4.97. The van der Waals surface area contributed by atoms with Crippen molar-refractivity contribution in [1.82, 2.24) is 19.5 Å². The van der Waals surface area contributed by atoms with Crippen LogP contribution in [0.5, 0.6) is 0 Å². The lowest BCUT2D eigenvalue weighted by Gasteiger charge is -2.43. The largest absolute Gasteiger partial charge is 0.441 e.